The first-order valence-electron chi connectivity index (χ1n) is 20.7. The summed E-state index contributed by atoms with van der Waals surface area (Å²) in [5.74, 6) is -0.585. The molecule has 4 N–H and O–H groups in total. The number of nitro groups is 1. The largest absolute Gasteiger partial charge is 0.465 e. The minimum atomic E-state index is -4.64. The van der Waals surface area contributed by atoms with Gasteiger partial charge in [0.2, 0.25) is 0 Å². The number of sulfonamides is 1. The number of H-pyrrole nitrogens is 1. The summed E-state index contributed by atoms with van der Waals surface area (Å²) in [5, 5.41) is 24.5. The van der Waals surface area contributed by atoms with Crippen molar-refractivity contribution >= 4 is 67.3 Å². The standard InChI is InChI=1S/C44H48ClN9O8S/c1-44(2)13-11-31(37(26-44)29-3-5-32(45)6-4-29)28-50-15-17-51(18-16-50)33-7-9-36(40(24-33)62-34-23-30-12-14-46-41(30)47-27-34)42(55)49-63(60,61)35-8-10-38(39(25-35)54(58)59)48-53-21-19-52(20-22-53)43(56)57/h3-10,12,14,23-25,27,48H,11,13,15-22,26,28H2,1-2H3,(H,46,47)(H,49,55)(H,56,57). The minimum absolute atomic E-state index is 0.00645. The molecule has 19 heteroatoms. The zero-order valence-corrected chi connectivity index (χ0v) is 36.4. The lowest BCUT2D eigenvalue weighted by atomic mass is 9.72. The number of nitrogens with one attached hydrogen (secondary N) is 3. The van der Waals surface area contributed by atoms with Gasteiger partial charge in [0.05, 0.1) is 21.6 Å². The fraction of sp³-hybridized carbons (Fsp3) is 0.341. The number of hydrogen-bond acceptors (Lipinski definition) is 12. The Balaban J connectivity index is 1.00. The minimum Gasteiger partial charge on any atom is -0.465 e. The molecule has 0 unspecified atom stereocenters. The first-order chi connectivity index (χ1) is 30.1. The van der Waals surface area contributed by atoms with Crippen LogP contribution in [-0.4, -0.2) is 114 Å². The molecule has 8 rings (SSSR count). The van der Waals surface area contributed by atoms with E-state index in [4.69, 9.17) is 16.3 Å². The van der Waals surface area contributed by atoms with E-state index in [9.17, 15) is 33.2 Å². The van der Waals surface area contributed by atoms with Gasteiger partial charge in [-0.05, 0) is 84.3 Å². The van der Waals surface area contributed by atoms with Gasteiger partial charge in [-0.3, -0.25) is 19.8 Å². The third-order valence-corrected chi connectivity index (χ3v) is 13.5. The molecule has 0 bridgehead atoms. The monoisotopic (exact) mass is 897 g/mol. The number of carboxylic acid groups (broad SMARTS) is 1. The summed E-state index contributed by atoms with van der Waals surface area (Å²) in [6.07, 6.45) is 5.34. The average molecular weight is 898 g/mol. The maximum atomic E-state index is 13.9. The Bertz CT molecular complexity index is 2690. The van der Waals surface area contributed by atoms with Crippen LogP contribution in [0.2, 0.25) is 5.02 Å². The van der Waals surface area contributed by atoms with Crippen molar-refractivity contribution in [2.45, 2.75) is 38.0 Å². The number of nitrogens with zero attached hydrogens (tertiary/aromatic N) is 6. The number of hydrogen-bond donors (Lipinski definition) is 4. The van der Waals surface area contributed by atoms with Gasteiger partial charge < -0.3 is 30.1 Å². The van der Waals surface area contributed by atoms with E-state index in [0.717, 1.165) is 67.1 Å². The normalized spacial score (nSPS) is 17.4. The van der Waals surface area contributed by atoms with Crippen LogP contribution in [0.5, 0.6) is 11.5 Å². The molecule has 0 saturated carbocycles. The van der Waals surface area contributed by atoms with Crippen LogP contribution in [0.4, 0.5) is 21.9 Å². The number of fused-ring (bicyclic) bond motifs is 1. The maximum absolute atomic E-state index is 13.9. The maximum Gasteiger partial charge on any atom is 0.407 e. The second-order valence-electron chi connectivity index (χ2n) is 16.8. The summed E-state index contributed by atoms with van der Waals surface area (Å²) >= 11 is 6.23. The summed E-state index contributed by atoms with van der Waals surface area (Å²) < 4.78 is 35.8. The molecular weight excluding hydrogens is 850 g/mol. The number of pyridine rings is 1. The quantitative estimate of drug-likeness (QED) is 0.0711. The smallest absolute Gasteiger partial charge is 0.407 e. The number of nitro benzene ring substituents is 1. The highest BCUT2D eigenvalue weighted by molar-refractivity contribution is 7.90. The van der Waals surface area contributed by atoms with E-state index in [-0.39, 0.29) is 48.6 Å². The van der Waals surface area contributed by atoms with Gasteiger partial charge in [0, 0.05) is 93.3 Å². The summed E-state index contributed by atoms with van der Waals surface area (Å²) in [7, 11) is -4.64. The zero-order valence-electron chi connectivity index (χ0n) is 34.8. The molecule has 0 atom stereocenters. The molecule has 330 valence electrons. The third kappa shape index (κ3) is 10.0. The second-order valence-corrected chi connectivity index (χ2v) is 18.9. The van der Waals surface area contributed by atoms with E-state index in [1.54, 1.807) is 29.4 Å². The van der Waals surface area contributed by atoms with Gasteiger partial charge in [0.15, 0.2) is 0 Å². The number of allylic oxidation sites excluding steroid dienone is 1. The number of piperazine rings is 2. The van der Waals surface area contributed by atoms with E-state index < -0.39 is 37.5 Å². The number of carbonyl (C=O) groups is 2. The topological polar surface area (TPSA) is 207 Å². The van der Waals surface area contributed by atoms with Crippen molar-refractivity contribution in [3.8, 4) is 11.5 Å². The van der Waals surface area contributed by atoms with Gasteiger partial charge in [0.25, 0.3) is 21.6 Å². The zero-order chi connectivity index (χ0) is 44.5. The fourth-order valence-corrected chi connectivity index (χ4v) is 9.43. The van der Waals surface area contributed by atoms with Crippen molar-refractivity contribution in [3.63, 3.8) is 0 Å². The lowest BCUT2D eigenvalue weighted by Gasteiger charge is -2.39. The number of aromatic amines is 1. The second kappa shape index (κ2) is 17.9. The number of aromatic nitrogens is 2. The van der Waals surface area contributed by atoms with Crippen LogP contribution in [0.15, 0.2) is 95.7 Å². The molecule has 1 aliphatic carbocycles. The number of rotatable bonds is 12. The van der Waals surface area contributed by atoms with Crippen LogP contribution >= 0.6 is 11.6 Å². The van der Waals surface area contributed by atoms with Gasteiger partial charge in [-0.15, -0.1) is 0 Å². The van der Waals surface area contributed by atoms with E-state index in [1.165, 1.54) is 39.9 Å². The molecule has 2 saturated heterocycles. The van der Waals surface area contributed by atoms with Crippen LogP contribution in [0.25, 0.3) is 16.6 Å². The lowest BCUT2D eigenvalue weighted by Crippen LogP contribution is -2.50. The Morgan fingerprint density at radius 1 is 0.968 bits per heavy atom. The molecule has 0 radical (unpaired) electrons. The molecule has 63 heavy (non-hydrogen) atoms. The Hall–Kier alpha value is -6.21. The number of amides is 2. The molecule has 2 fully saturated rings. The first kappa shape index (κ1) is 43.4. The SMILES string of the molecule is CC1(C)CCC(CN2CCN(c3ccc(C(=O)NS(=O)(=O)c4ccc(NN5CCN(C(=O)O)CC5)c([N+](=O)[O-])c4)c(Oc4cnc5[nH]ccc5c4)c3)CC2)=C(c2ccc(Cl)cc2)C1. The highest BCUT2D eigenvalue weighted by Crippen LogP contribution is 2.43. The van der Waals surface area contributed by atoms with Crippen LogP contribution in [0, 0.1) is 15.5 Å². The third-order valence-electron chi connectivity index (χ3n) is 11.9. The predicted octanol–water partition coefficient (Wildman–Crippen LogP) is 7.44. The Kier molecular flexibility index (Phi) is 12.3. The summed E-state index contributed by atoms with van der Waals surface area (Å²) in [6, 6.07) is 19.9. The number of hydrazine groups is 1. The Morgan fingerprint density at radius 2 is 1.71 bits per heavy atom. The lowest BCUT2D eigenvalue weighted by molar-refractivity contribution is -0.384. The fourth-order valence-electron chi connectivity index (χ4n) is 8.32. The van der Waals surface area contributed by atoms with Gasteiger partial charge in [-0.25, -0.2) is 27.9 Å². The van der Waals surface area contributed by atoms with Gasteiger partial charge in [-0.1, -0.05) is 43.2 Å². The van der Waals surface area contributed by atoms with E-state index in [1.807, 2.05) is 18.2 Å². The number of anilines is 2. The van der Waals surface area contributed by atoms with Crippen LogP contribution in [-0.2, 0) is 10.0 Å². The summed E-state index contributed by atoms with van der Waals surface area (Å²) in [6.45, 7) is 9.37. The highest BCUT2D eigenvalue weighted by atomic mass is 35.5. The van der Waals surface area contributed by atoms with E-state index >= 15 is 0 Å². The summed E-state index contributed by atoms with van der Waals surface area (Å²) in [4.78, 5) is 49.4. The van der Waals surface area contributed by atoms with Crippen molar-refractivity contribution in [2.75, 3.05) is 69.2 Å². The van der Waals surface area contributed by atoms with E-state index in [0.29, 0.717) is 24.5 Å². The van der Waals surface area contributed by atoms with E-state index in [2.05, 4.69) is 55.9 Å². The van der Waals surface area contributed by atoms with Crippen molar-refractivity contribution in [3.05, 3.63) is 117 Å². The molecule has 17 nitrogen and oxygen atoms in total. The number of carbonyl (C=O) groups excluding carboxylic acids is 1. The molecular formula is C44H48ClN9O8S. The molecule has 3 aliphatic rings. The molecule has 0 spiro atoms. The van der Waals surface area contributed by atoms with Crippen molar-refractivity contribution < 1.29 is 32.8 Å². The molecule has 4 heterocycles. The Morgan fingerprint density at radius 3 is 2.43 bits per heavy atom. The average Bonchev–Trinajstić information content (AvgIpc) is 3.73. The molecule has 2 aromatic heterocycles. The van der Waals surface area contributed by atoms with Crippen molar-refractivity contribution in [1.82, 2.24) is 29.5 Å². The van der Waals surface area contributed by atoms with Gasteiger partial charge in [-0.2, -0.15) is 0 Å². The van der Waals surface area contributed by atoms with Crippen molar-refractivity contribution in [2.24, 2.45) is 5.41 Å². The van der Waals surface area contributed by atoms with Gasteiger partial charge >= 0.3 is 6.09 Å². The van der Waals surface area contributed by atoms with Crippen LogP contribution < -0.4 is 19.8 Å². The Labute approximate surface area is 369 Å². The van der Waals surface area contributed by atoms with Crippen LogP contribution in [0.1, 0.15) is 49.0 Å². The first-order valence-corrected chi connectivity index (χ1v) is 22.5. The van der Waals surface area contributed by atoms with Crippen molar-refractivity contribution in [1.29, 1.82) is 0 Å². The summed E-state index contributed by atoms with van der Waals surface area (Å²) in [5.41, 5.74) is 7.97. The predicted molar refractivity (Wildman–Crippen MR) is 240 cm³/mol. The highest BCUT2D eigenvalue weighted by Gasteiger charge is 2.31. The van der Waals surface area contributed by atoms with Gasteiger partial charge in [0.1, 0.15) is 22.8 Å². The molecule has 2 amide bonds. The number of ether oxygens (including phenoxy) is 1. The molecule has 2 aliphatic heterocycles. The molecule has 5 aromatic rings. The number of halogens is 1. The van der Waals surface area contributed by atoms with Crippen LogP contribution in [0.3, 0.4) is 0 Å². The molecule has 3 aromatic carbocycles. The number of benzene rings is 3.